The second kappa shape index (κ2) is 8.76. The number of sulfonamides is 1. The minimum Gasteiger partial charge on any atom is -0.481 e. The van der Waals surface area contributed by atoms with Crippen LogP contribution in [0, 0.1) is 0 Å². The van der Waals surface area contributed by atoms with Crippen molar-refractivity contribution in [3.63, 3.8) is 0 Å². The zero-order valence-electron chi connectivity index (χ0n) is 13.8. The number of nitrogens with zero attached hydrogens (tertiary/aromatic N) is 1. The van der Waals surface area contributed by atoms with Crippen molar-refractivity contribution in [3.8, 4) is 0 Å². The lowest BCUT2D eigenvalue weighted by Gasteiger charge is -2.17. The molecule has 9 heteroatoms. The van der Waals surface area contributed by atoms with E-state index in [1.165, 1.54) is 32.4 Å². The quantitative estimate of drug-likeness (QED) is 0.657. The van der Waals surface area contributed by atoms with E-state index in [2.05, 4.69) is 0 Å². The standard InChI is InChI=1S/C15H21NO7S/c1-4-23-15(19)12-7-11(10-22-3)8-13(9-12)24(20,21)16(2)6-5-14(17)18/h7-9H,4-6,10H2,1-3H3,(H,17,18). The first-order valence-electron chi connectivity index (χ1n) is 7.20. The Morgan fingerprint density at radius 1 is 1.25 bits per heavy atom. The molecule has 24 heavy (non-hydrogen) atoms. The third kappa shape index (κ3) is 5.29. The molecule has 0 aromatic heterocycles. The Morgan fingerprint density at radius 2 is 1.92 bits per heavy atom. The lowest BCUT2D eigenvalue weighted by atomic mass is 10.1. The Kier molecular flexibility index (Phi) is 7.33. The molecule has 0 saturated carbocycles. The van der Waals surface area contributed by atoms with Crippen LogP contribution in [0.25, 0.3) is 0 Å². The highest BCUT2D eigenvalue weighted by Crippen LogP contribution is 2.20. The van der Waals surface area contributed by atoms with Gasteiger partial charge in [-0.1, -0.05) is 0 Å². The van der Waals surface area contributed by atoms with Gasteiger partial charge in [0.15, 0.2) is 0 Å². The summed E-state index contributed by atoms with van der Waals surface area (Å²) < 4.78 is 36.0. The Bertz CT molecular complexity index is 700. The number of esters is 1. The topological polar surface area (TPSA) is 110 Å². The summed E-state index contributed by atoms with van der Waals surface area (Å²) in [6.45, 7) is 1.75. The van der Waals surface area contributed by atoms with Crippen LogP contribution in [0.1, 0.15) is 29.3 Å². The molecule has 0 saturated heterocycles. The molecule has 1 rings (SSSR count). The maximum atomic E-state index is 12.6. The fourth-order valence-corrected chi connectivity index (χ4v) is 3.21. The first-order valence-corrected chi connectivity index (χ1v) is 8.64. The third-order valence-corrected chi connectivity index (χ3v) is 4.97. The van der Waals surface area contributed by atoms with Crippen LogP contribution in [-0.2, 0) is 30.9 Å². The number of ether oxygens (including phenoxy) is 2. The Balaban J connectivity index is 3.24. The summed E-state index contributed by atoms with van der Waals surface area (Å²) in [4.78, 5) is 22.4. The highest BCUT2D eigenvalue weighted by atomic mass is 32.2. The molecular weight excluding hydrogens is 338 g/mol. The summed E-state index contributed by atoms with van der Waals surface area (Å²) in [5.74, 6) is -1.74. The van der Waals surface area contributed by atoms with Gasteiger partial charge in [0.05, 0.1) is 30.1 Å². The van der Waals surface area contributed by atoms with Gasteiger partial charge in [0.2, 0.25) is 10.0 Å². The number of hydrogen-bond donors (Lipinski definition) is 1. The van der Waals surface area contributed by atoms with Gasteiger partial charge in [-0.05, 0) is 30.7 Å². The Hall–Kier alpha value is -1.97. The van der Waals surface area contributed by atoms with Crippen molar-refractivity contribution in [3.05, 3.63) is 29.3 Å². The maximum absolute atomic E-state index is 12.6. The highest BCUT2D eigenvalue weighted by molar-refractivity contribution is 7.89. The van der Waals surface area contributed by atoms with Crippen LogP contribution in [0.4, 0.5) is 0 Å². The van der Waals surface area contributed by atoms with Gasteiger partial charge in [-0.25, -0.2) is 17.5 Å². The Labute approximate surface area is 141 Å². The van der Waals surface area contributed by atoms with Crippen LogP contribution in [0.15, 0.2) is 23.1 Å². The number of carboxylic acid groups (broad SMARTS) is 1. The molecule has 0 unspecified atom stereocenters. The van der Waals surface area contributed by atoms with E-state index in [1.807, 2.05) is 0 Å². The molecule has 0 radical (unpaired) electrons. The van der Waals surface area contributed by atoms with Gasteiger partial charge in [0.25, 0.3) is 0 Å². The molecule has 0 bridgehead atoms. The van der Waals surface area contributed by atoms with Crippen LogP contribution in [0.2, 0.25) is 0 Å². The van der Waals surface area contributed by atoms with E-state index >= 15 is 0 Å². The molecule has 0 fully saturated rings. The lowest BCUT2D eigenvalue weighted by Crippen LogP contribution is -2.29. The first-order chi connectivity index (χ1) is 11.2. The number of aliphatic carboxylic acids is 1. The summed E-state index contributed by atoms with van der Waals surface area (Å²) in [6.07, 6.45) is -0.321. The molecule has 1 aromatic carbocycles. The summed E-state index contributed by atoms with van der Waals surface area (Å²) in [6, 6.07) is 4.10. The van der Waals surface area contributed by atoms with Crippen LogP contribution >= 0.6 is 0 Å². The monoisotopic (exact) mass is 359 g/mol. The van der Waals surface area contributed by atoms with E-state index in [-0.39, 0.29) is 36.6 Å². The predicted octanol–water partition coefficient (Wildman–Crippen LogP) is 1.10. The van der Waals surface area contributed by atoms with E-state index in [4.69, 9.17) is 14.6 Å². The summed E-state index contributed by atoms with van der Waals surface area (Å²) in [5.41, 5.74) is 0.588. The molecule has 0 spiro atoms. The molecule has 8 nitrogen and oxygen atoms in total. The van der Waals surface area contributed by atoms with Gasteiger partial charge >= 0.3 is 11.9 Å². The molecule has 134 valence electrons. The van der Waals surface area contributed by atoms with Gasteiger partial charge in [-0.15, -0.1) is 0 Å². The molecule has 0 aliphatic heterocycles. The number of rotatable bonds is 9. The van der Waals surface area contributed by atoms with Gasteiger partial charge in [0, 0.05) is 20.7 Å². The van der Waals surface area contributed by atoms with Crippen LogP contribution in [0.3, 0.4) is 0 Å². The van der Waals surface area contributed by atoms with Crippen molar-refractivity contribution in [1.29, 1.82) is 0 Å². The fourth-order valence-electron chi connectivity index (χ4n) is 1.95. The average molecular weight is 359 g/mol. The molecule has 0 atom stereocenters. The predicted molar refractivity (Wildman–Crippen MR) is 85.2 cm³/mol. The summed E-state index contributed by atoms with van der Waals surface area (Å²) in [7, 11) is -1.21. The second-order valence-electron chi connectivity index (χ2n) is 4.99. The highest BCUT2D eigenvalue weighted by Gasteiger charge is 2.23. The summed E-state index contributed by atoms with van der Waals surface area (Å²) in [5, 5.41) is 8.69. The van der Waals surface area contributed by atoms with Crippen LogP contribution in [0.5, 0.6) is 0 Å². The minimum atomic E-state index is -3.94. The molecule has 0 aliphatic carbocycles. The van der Waals surface area contributed by atoms with Gasteiger partial charge in [-0.3, -0.25) is 4.79 Å². The number of methoxy groups -OCH3 is 1. The van der Waals surface area contributed by atoms with E-state index in [0.717, 1.165) is 4.31 Å². The van der Waals surface area contributed by atoms with Gasteiger partial charge < -0.3 is 14.6 Å². The number of carboxylic acids is 1. The number of carbonyl (C=O) groups is 2. The third-order valence-electron chi connectivity index (χ3n) is 3.14. The SMILES string of the molecule is CCOC(=O)c1cc(COC)cc(S(=O)(=O)N(C)CCC(=O)O)c1. The smallest absolute Gasteiger partial charge is 0.338 e. The van der Waals surface area contributed by atoms with Crippen molar-refractivity contribution in [2.45, 2.75) is 24.8 Å². The number of benzene rings is 1. The normalized spacial score (nSPS) is 11.5. The van der Waals surface area contributed by atoms with E-state index in [9.17, 15) is 18.0 Å². The zero-order valence-corrected chi connectivity index (χ0v) is 14.6. The van der Waals surface area contributed by atoms with E-state index in [1.54, 1.807) is 6.92 Å². The largest absolute Gasteiger partial charge is 0.481 e. The Morgan fingerprint density at radius 3 is 2.46 bits per heavy atom. The molecule has 1 aromatic rings. The first kappa shape index (κ1) is 20.1. The lowest BCUT2D eigenvalue weighted by molar-refractivity contribution is -0.137. The van der Waals surface area contributed by atoms with Gasteiger partial charge in [-0.2, -0.15) is 0 Å². The molecule has 0 aliphatic rings. The van der Waals surface area contributed by atoms with Crippen LogP contribution in [-0.4, -0.2) is 57.1 Å². The average Bonchev–Trinajstić information content (AvgIpc) is 2.52. The molecule has 0 heterocycles. The van der Waals surface area contributed by atoms with Crippen molar-refractivity contribution < 1.29 is 32.6 Å². The molecular formula is C15H21NO7S. The van der Waals surface area contributed by atoms with Crippen molar-refractivity contribution in [2.24, 2.45) is 0 Å². The van der Waals surface area contributed by atoms with E-state index in [0.29, 0.717) is 5.56 Å². The molecule has 0 amide bonds. The number of carbonyl (C=O) groups excluding carboxylic acids is 1. The fraction of sp³-hybridized carbons (Fsp3) is 0.467. The summed E-state index contributed by atoms with van der Waals surface area (Å²) >= 11 is 0. The van der Waals surface area contributed by atoms with E-state index < -0.39 is 22.0 Å². The van der Waals surface area contributed by atoms with Crippen molar-refractivity contribution in [1.82, 2.24) is 4.31 Å². The molecule has 1 N–H and O–H groups in total. The zero-order chi connectivity index (χ0) is 18.3. The number of hydrogen-bond acceptors (Lipinski definition) is 6. The van der Waals surface area contributed by atoms with Crippen LogP contribution < -0.4 is 0 Å². The van der Waals surface area contributed by atoms with Crippen molar-refractivity contribution >= 4 is 22.0 Å². The second-order valence-corrected chi connectivity index (χ2v) is 7.03. The van der Waals surface area contributed by atoms with Gasteiger partial charge in [0.1, 0.15) is 0 Å². The van der Waals surface area contributed by atoms with Crippen molar-refractivity contribution in [2.75, 3.05) is 27.3 Å². The maximum Gasteiger partial charge on any atom is 0.338 e. The minimum absolute atomic E-state index is 0.0941.